The van der Waals surface area contributed by atoms with E-state index < -0.39 is 0 Å². The number of anilines is 1. The second-order valence-electron chi connectivity index (χ2n) is 5.99. The second-order valence-corrected chi connectivity index (χ2v) is 5.99. The summed E-state index contributed by atoms with van der Waals surface area (Å²) in [6, 6.07) is 6.47. The van der Waals surface area contributed by atoms with Crippen molar-refractivity contribution in [2.45, 2.75) is 39.2 Å². The Morgan fingerprint density at radius 1 is 1.25 bits per heavy atom. The Hall–Kier alpha value is -1.55. The molecule has 0 saturated carbocycles. The fourth-order valence-electron chi connectivity index (χ4n) is 3.39. The minimum absolute atomic E-state index is 0.446. The van der Waals surface area contributed by atoms with Gasteiger partial charge in [-0.05, 0) is 58.0 Å². The molecule has 1 aliphatic rings. The van der Waals surface area contributed by atoms with Crippen LogP contribution >= 0.6 is 0 Å². The molecule has 1 atom stereocenters. The van der Waals surface area contributed by atoms with Crippen molar-refractivity contribution >= 4 is 16.7 Å². The SMILES string of the molecule is Cc1nc2cc(N)ccc2n1C(C)CN1CCCCC1. The van der Waals surface area contributed by atoms with Crippen LogP contribution in [0.3, 0.4) is 0 Å². The first-order valence-electron chi connectivity index (χ1n) is 7.61. The number of aromatic nitrogens is 2. The molecule has 4 nitrogen and oxygen atoms in total. The molecular weight excluding hydrogens is 248 g/mol. The average Bonchev–Trinajstić information content (AvgIpc) is 2.74. The summed E-state index contributed by atoms with van der Waals surface area (Å²) < 4.78 is 2.35. The number of hydrogen-bond donors (Lipinski definition) is 1. The second kappa shape index (κ2) is 5.44. The third-order valence-corrected chi connectivity index (χ3v) is 4.30. The monoisotopic (exact) mass is 272 g/mol. The molecule has 1 aliphatic heterocycles. The van der Waals surface area contributed by atoms with Gasteiger partial charge in [0.2, 0.25) is 0 Å². The number of aryl methyl sites for hydroxylation is 1. The zero-order valence-electron chi connectivity index (χ0n) is 12.5. The minimum Gasteiger partial charge on any atom is -0.399 e. The number of nitrogens with zero attached hydrogens (tertiary/aromatic N) is 3. The molecule has 1 aromatic carbocycles. The molecular formula is C16H24N4. The number of imidazole rings is 1. The first-order chi connectivity index (χ1) is 9.65. The van der Waals surface area contributed by atoms with Crippen LogP contribution in [0.25, 0.3) is 11.0 Å². The van der Waals surface area contributed by atoms with Gasteiger partial charge in [0.1, 0.15) is 5.82 Å². The highest BCUT2D eigenvalue weighted by molar-refractivity contribution is 5.79. The maximum absolute atomic E-state index is 5.85. The topological polar surface area (TPSA) is 47.1 Å². The lowest BCUT2D eigenvalue weighted by molar-refractivity contribution is 0.202. The normalized spacial score (nSPS) is 18.5. The molecule has 108 valence electrons. The Labute approximate surface area is 120 Å². The first kappa shape index (κ1) is 13.4. The Morgan fingerprint density at radius 3 is 2.75 bits per heavy atom. The van der Waals surface area contributed by atoms with E-state index in [1.165, 1.54) is 37.9 Å². The van der Waals surface area contributed by atoms with Crippen molar-refractivity contribution in [3.63, 3.8) is 0 Å². The fraction of sp³-hybridized carbons (Fsp3) is 0.562. The van der Waals surface area contributed by atoms with E-state index in [4.69, 9.17) is 5.73 Å². The number of nitrogen functional groups attached to an aromatic ring is 1. The zero-order chi connectivity index (χ0) is 14.1. The Morgan fingerprint density at radius 2 is 2.00 bits per heavy atom. The van der Waals surface area contributed by atoms with Gasteiger partial charge in [0.25, 0.3) is 0 Å². The summed E-state index contributed by atoms with van der Waals surface area (Å²) in [4.78, 5) is 7.23. The van der Waals surface area contributed by atoms with Crippen molar-refractivity contribution in [1.82, 2.24) is 14.5 Å². The van der Waals surface area contributed by atoms with Gasteiger partial charge in [-0.25, -0.2) is 4.98 Å². The summed E-state index contributed by atoms with van der Waals surface area (Å²) >= 11 is 0. The summed E-state index contributed by atoms with van der Waals surface area (Å²) in [5.41, 5.74) is 8.84. The number of fused-ring (bicyclic) bond motifs is 1. The minimum atomic E-state index is 0.446. The van der Waals surface area contributed by atoms with Gasteiger partial charge in [-0.3, -0.25) is 0 Å². The van der Waals surface area contributed by atoms with E-state index in [0.717, 1.165) is 23.6 Å². The fourth-order valence-corrected chi connectivity index (χ4v) is 3.39. The van der Waals surface area contributed by atoms with Crippen molar-refractivity contribution in [2.75, 3.05) is 25.4 Å². The molecule has 0 spiro atoms. The van der Waals surface area contributed by atoms with E-state index in [9.17, 15) is 0 Å². The molecule has 20 heavy (non-hydrogen) atoms. The molecule has 2 aromatic rings. The van der Waals surface area contributed by atoms with Crippen molar-refractivity contribution in [1.29, 1.82) is 0 Å². The number of benzene rings is 1. The van der Waals surface area contributed by atoms with E-state index in [2.05, 4.69) is 34.4 Å². The van der Waals surface area contributed by atoms with Crippen LogP contribution in [-0.4, -0.2) is 34.1 Å². The molecule has 1 aromatic heterocycles. The molecule has 1 fully saturated rings. The van der Waals surface area contributed by atoms with Crippen LogP contribution in [-0.2, 0) is 0 Å². The van der Waals surface area contributed by atoms with Gasteiger partial charge in [-0.15, -0.1) is 0 Å². The Bertz CT molecular complexity index is 596. The highest BCUT2D eigenvalue weighted by Gasteiger charge is 2.18. The van der Waals surface area contributed by atoms with Gasteiger partial charge in [0, 0.05) is 18.3 Å². The molecule has 0 radical (unpaired) electrons. The smallest absolute Gasteiger partial charge is 0.107 e. The lowest BCUT2D eigenvalue weighted by atomic mass is 10.1. The summed E-state index contributed by atoms with van der Waals surface area (Å²) in [7, 11) is 0. The molecule has 4 heteroatoms. The number of piperidine rings is 1. The van der Waals surface area contributed by atoms with Crippen molar-refractivity contribution in [2.24, 2.45) is 0 Å². The van der Waals surface area contributed by atoms with Crippen LogP contribution in [0.2, 0.25) is 0 Å². The maximum Gasteiger partial charge on any atom is 0.107 e. The predicted octanol–water partition coefficient (Wildman–Crippen LogP) is 2.97. The molecule has 1 saturated heterocycles. The number of rotatable bonds is 3. The van der Waals surface area contributed by atoms with Gasteiger partial charge in [0.05, 0.1) is 11.0 Å². The van der Waals surface area contributed by atoms with Crippen LogP contribution in [0.4, 0.5) is 5.69 Å². The van der Waals surface area contributed by atoms with E-state index in [-0.39, 0.29) is 0 Å². The van der Waals surface area contributed by atoms with Crippen molar-refractivity contribution < 1.29 is 0 Å². The molecule has 0 amide bonds. The third kappa shape index (κ3) is 2.52. The molecule has 2 heterocycles. The van der Waals surface area contributed by atoms with Crippen LogP contribution in [0.5, 0.6) is 0 Å². The van der Waals surface area contributed by atoms with E-state index in [1.807, 2.05) is 12.1 Å². The van der Waals surface area contributed by atoms with E-state index in [0.29, 0.717) is 6.04 Å². The summed E-state index contributed by atoms with van der Waals surface area (Å²) in [5, 5.41) is 0. The molecule has 0 aliphatic carbocycles. The van der Waals surface area contributed by atoms with E-state index in [1.54, 1.807) is 0 Å². The molecule has 1 unspecified atom stereocenters. The summed E-state index contributed by atoms with van der Waals surface area (Å²) in [6.07, 6.45) is 4.07. The quantitative estimate of drug-likeness (QED) is 0.874. The van der Waals surface area contributed by atoms with Gasteiger partial charge in [-0.2, -0.15) is 0 Å². The maximum atomic E-state index is 5.85. The highest BCUT2D eigenvalue weighted by Crippen LogP contribution is 2.24. The highest BCUT2D eigenvalue weighted by atomic mass is 15.2. The van der Waals surface area contributed by atoms with Gasteiger partial charge >= 0.3 is 0 Å². The van der Waals surface area contributed by atoms with Crippen LogP contribution < -0.4 is 5.73 Å². The third-order valence-electron chi connectivity index (χ3n) is 4.30. The standard InChI is InChI=1S/C16H24N4/c1-12(11-19-8-4-3-5-9-19)20-13(2)18-15-10-14(17)6-7-16(15)20/h6-7,10,12H,3-5,8-9,11,17H2,1-2H3. The van der Waals surface area contributed by atoms with Crippen molar-refractivity contribution in [3.05, 3.63) is 24.0 Å². The molecule has 2 N–H and O–H groups in total. The number of nitrogens with two attached hydrogens (primary N) is 1. The van der Waals surface area contributed by atoms with Crippen molar-refractivity contribution in [3.8, 4) is 0 Å². The summed E-state index contributed by atoms with van der Waals surface area (Å²) in [6.45, 7) is 7.96. The number of hydrogen-bond acceptors (Lipinski definition) is 3. The van der Waals surface area contributed by atoms with Gasteiger partial charge in [-0.1, -0.05) is 6.42 Å². The Kier molecular flexibility index (Phi) is 3.66. The zero-order valence-corrected chi connectivity index (χ0v) is 12.5. The van der Waals surface area contributed by atoms with Gasteiger partial charge < -0.3 is 15.2 Å². The van der Waals surface area contributed by atoms with Crippen LogP contribution in [0.1, 0.15) is 38.1 Å². The lowest BCUT2D eigenvalue weighted by Gasteiger charge is -2.30. The molecule has 0 bridgehead atoms. The first-order valence-corrected chi connectivity index (χ1v) is 7.61. The van der Waals surface area contributed by atoms with Gasteiger partial charge in [0.15, 0.2) is 0 Å². The van der Waals surface area contributed by atoms with Crippen LogP contribution in [0, 0.1) is 6.92 Å². The summed E-state index contributed by atoms with van der Waals surface area (Å²) in [5.74, 6) is 1.08. The lowest BCUT2D eigenvalue weighted by Crippen LogP contribution is -2.34. The predicted molar refractivity (Wildman–Crippen MR) is 83.9 cm³/mol. The molecule has 3 rings (SSSR count). The number of likely N-dealkylation sites (tertiary alicyclic amines) is 1. The van der Waals surface area contributed by atoms with Crippen LogP contribution in [0.15, 0.2) is 18.2 Å². The average molecular weight is 272 g/mol. The van der Waals surface area contributed by atoms with E-state index >= 15 is 0 Å². The largest absolute Gasteiger partial charge is 0.399 e. The Balaban J connectivity index is 1.86.